The summed E-state index contributed by atoms with van der Waals surface area (Å²) in [4.78, 5) is 11.4. The molecule has 0 unspecified atom stereocenters. The van der Waals surface area contributed by atoms with Crippen LogP contribution in [0.4, 0.5) is 9.18 Å². The van der Waals surface area contributed by atoms with Crippen molar-refractivity contribution in [2.45, 2.75) is 19.4 Å². The van der Waals surface area contributed by atoms with E-state index in [2.05, 4.69) is 10.6 Å². The van der Waals surface area contributed by atoms with Crippen LogP contribution in [-0.2, 0) is 6.54 Å². The Hall–Kier alpha value is -1.33. The van der Waals surface area contributed by atoms with Crippen molar-refractivity contribution in [1.29, 1.82) is 0 Å². The molecule has 1 aromatic rings. The van der Waals surface area contributed by atoms with Crippen LogP contribution >= 0.6 is 11.6 Å². The number of nitrogens with two attached hydrogens (primary N) is 1. The lowest BCUT2D eigenvalue weighted by molar-refractivity contribution is 0.240. The number of urea groups is 1. The van der Waals surface area contributed by atoms with Crippen LogP contribution in [0, 0.1) is 5.82 Å². The zero-order chi connectivity index (χ0) is 13.4. The summed E-state index contributed by atoms with van der Waals surface area (Å²) in [7, 11) is 0. The molecule has 6 heteroatoms. The van der Waals surface area contributed by atoms with E-state index in [0.717, 1.165) is 12.8 Å². The lowest BCUT2D eigenvalue weighted by atomic mass is 10.2. The van der Waals surface area contributed by atoms with E-state index >= 15 is 0 Å². The summed E-state index contributed by atoms with van der Waals surface area (Å²) in [5.74, 6) is -0.394. The minimum absolute atomic E-state index is 0.266. The Bertz CT molecular complexity index is 401. The molecule has 0 bridgehead atoms. The van der Waals surface area contributed by atoms with Gasteiger partial charge in [-0.3, -0.25) is 0 Å². The van der Waals surface area contributed by atoms with Crippen LogP contribution in [-0.4, -0.2) is 19.1 Å². The zero-order valence-electron chi connectivity index (χ0n) is 10.0. The molecule has 100 valence electrons. The minimum atomic E-state index is -0.394. The molecule has 0 heterocycles. The molecule has 0 aromatic heterocycles. The molecule has 0 atom stereocenters. The molecule has 0 fully saturated rings. The summed E-state index contributed by atoms with van der Waals surface area (Å²) < 4.78 is 12.8. The molecule has 0 radical (unpaired) electrons. The number of hydrogen-bond donors (Lipinski definition) is 3. The predicted octanol–water partition coefficient (Wildman–Crippen LogP) is 2.02. The third-order valence-corrected chi connectivity index (χ3v) is 2.72. The molecular formula is C12H17ClFN3O. The Labute approximate surface area is 111 Å². The molecule has 1 rings (SSSR count). The van der Waals surface area contributed by atoms with Gasteiger partial charge in [0.05, 0.1) is 0 Å². The first-order valence-electron chi connectivity index (χ1n) is 5.79. The summed E-state index contributed by atoms with van der Waals surface area (Å²) in [5.41, 5.74) is 6.01. The summed E-state index contributed by atoms with van der Waals surface area (Å²) >= 11 is 5.83. The predicted molar refractivity (Wildman–Crippen MR) is 69.9 cm³/mol. The molecule has 18 heavy (non-hydrogen) atoms. The fourth-order valence-corrected chi connectivity index (χ4v) is 1.61. The monoisotopic (exact) mass is 273 g/mol. The third kappa shape index (κ3) is 5.33. The van der Waals surface area contributed by atoms with E-state index in [0.29, 0.717) is 23.7 Å². The van der Waals surface area contributed by atoms with Gasteiger partial charge >= 0.3 is 6.03 Å². The Morgan fingerprint density at radius 2 is 2.11 bits per heavy atom. The minimum Gasteiger partial charge on any atom is -0.338 e. The zero-order valence-corrected chi connectivity index (χ0v) is 10.8. The van der Waals surface area contributed by atoms with Gasteiger partial charge in [0.1, 0.15) is 5.82 Å². The molecule has 0 aliphatic heterocycles. The molecule has 4 nitrogen and oxygen atoms in total. The van der Waals surface area contributed by atoms with Crippen molar-refractivity contribution < 1.29 is 9.18 Å². The van der Waals surface area contributed by atoms with Gasteiger partial charge in [-0.15, -0.1) is 0 Å². The molecule has 2 amide bonds. The summed E-state index contributed by atoms with van der Waals surface area (Å²) in [5, 5.41) is 5.65. The second-order valence-corrected chi connectivity index (χ2v) is 4.25. The van der Waals surface area contributed by atoms with Gasteiger partial charge in [-0.25, -0.2) is 9.18 Å². The third-order valence-electron chi connectivity index (χ3n) is 2.37. The number of amides is 2. The molecule has 0 saturated heterocycles. The van der Waals surface area contributed by atoms with Gasteiger partial charge in [-0.05, 0) is 37.1 Å². The molecule has 4 N–H and O–H groups in total. The fraction of sp³-hybridized carbons (Fsp3) is 0.417. The molecule has 0 aliphatic rings. The van der Waals surface area contributed by atoms with Crippen molar-refractivity contribution in [2.75, 3.05) is 13.1 Å². The van der Waals surface area contributed by atoms with Crippen LogP contribution in [0.3, 0.4) is 0 Å². The standard InChI is InChI=1S/C12H17ClFN3O/c13-11-7-10(14)4-3-9(11)8-17-12(18)16-6-2-1-5-15/h3-4,7H,1-2,5-6,8,15H2,(H2,16,17,18). The Kier molecular flexibility index (Phi) is 6.46. The first kappa shape index (κ1) is 14.7. The van der Waals surface area contributed by atoms with Gasteiger partial charge in [-0.2, -0.15) is 0 Å². The van der Waals surface area contributed by atoms with Gasteiger partial charge in [-0.1, -0.05) is 17.7 Å². The van der Waals surface area contributed by atoms with Gasteiger partial charge in [0.25, 0.3) is 0 Å². The highest BCUT2D eigenvalue weighted by molar-refractivity contribution is 6.31. The summed E-state index contributed by atoms with van der Waals surface area (Å²) in [6, 6.07) is 3.80. The van der Waals surface area contributed by atoms with Gasteiger partial charge in [0, 0.05) is 18.1 Å². The number of benzene rings is 1. The lowest BCUT2D eigenvalue weighted by Gasteiger charge is -2.08. The van der Waals surface area contributed by atoms with Gasteiger partial charge in [0.2, 0.25) is 0 Å². The maximum atomic E-state index is 12.8. The van der Waals surface area contributed by atoms with Crippen molar-refractivity contribution in [3.63, 3.8) is 0 Å². The first-order chi connectivity index (χ1) is 8.63. The fourth-order valence-electron chi connectivity index (χ4n) is 1.37. The number of halogens is 2. The van der Waals surface area contributed by atoms with Crippen LogP contribution in [0.15, 0.2) is 18.2 Å². The second-order valence-electron chi connectivity index (χ2n) is 3.84. The average Bonchev–Trinajstić information content (AvgIpc) is 2.33. The van der Waals surface area contributed by atoms with Crippen LogP contribution in [0.2, 0.25) is 5.02 Å². The van der Waals surface area contributed by atoms with Crippen molar-refractivity contribution in [3.8, 4) is 0 Å². The highest BCUT2D eigenvalue weighted by Gasteiger charge is 2.04. The SMILES string of the molecule is NCCCCNC(=O)NCc1ccc(F)cc1Cl. The normalized spacial score (nSPS) is 10.2. The van der Waals surface area contributed by atoms with Crippen molar-refractivity contribution in [1.82, 2.24) is 10.6 Å². The highest BCUT2D eigenvalue weighted by Crippen LogP contribution is 2.16. The van der Waals surface area contributed by atoms with E-state index in [9.17, 15) is 9.18 Å². The Balaban J connectivity index is 2.29. The highest BCUT2D eigenvalue weighted by atomic mass is 35.5. The Morgan fingerprint density at radius 1 is 1.33 bits per heavy atom. The van der Waals surface area contributed by atoms with E-state index in [1.807, 2.05) is 0 Å². The lowest BCUT2D eigenvalue weighted by Crippen LogP contribution is -2.35. The number of hydrogen-bond acceptors (Lipinski definition) is 2. The second kappa shape index (κ2) is 7.89. The molecule has 0 spiro atoms. The topological polar surface area (TPSA) is 67.1 Å². The summed E-state index contributed by atoms with van der Waals surface area (Å²) in [6.07, 6.45) is 1.73. The molecule has 0 saturated carbocycles. The maximum absolute atomic E-state index is 12.8. The van der Waals surface area contributed by atoms with Crippen LogP contribution in [0.25, 0.3) is 0 Å². The van der Waals surface area contributed by atoms with E-state index < -0.39 is 5.82 Å². The van der Waals surface area contributed by atoms with Crippen LogP contribution in [0.1, 0.15) is 18.4 Å². The van der Waals surface area contributed by atoms with Gasteiger partial charge in [0.15, 0.2) is 0 Å². The number of rotatable bonds is 6. The van der Waals surface area contributed by atoms with E-state index in [4.69, 9.17) is 17.3 Å². The summed E-state index contributed by atoms with van der Waals surface area (Å²) in [6.45, 7) is 1.47. The van der Waals surface area contributed by atoms with Crippen molar-refractivity contribution in [3.05, 3.63) is 34.6 Å². The van der Waals surface area contributed by atoms with Crippen LogP contribution < -0.4 is 16.4 Å². The first-order valence-corrected chi connectivity index (χ1v) is 6.17. The maximum Gasteiger partial charge on any atom is 0.315 e. The molecule has 1 aromatic carbocycles. The van der Waals surface area contributed by atoms with E-state index in [-0.39, 0.29) is 12.6 Å². The Morgan fingerprint density at radius 3 is 2.78 bits per heavy atom. The number of unbranched alkanes of at least 4 members (excludes halogenated alkanes) is 1. The molecular weight excluding hydrogens is 257 g/mol. The van der Waals surface area contributed by atoms with Crippen molar-refractivity contribution in [2.24, 2.45) is 5.73 Å². The molecule has 0 aliphatic carbocycles. The number of carbonyl (C=O) groups excluding carboxylic acids is 1. The van der Waals surface area contributed by atoms with Gasteiger partial charge < -0.3 is 16.4 Å². The number of nitrogens with one attached hydrogen (secondary N) is 2. The number of carbonyl (C=O) groups is 1. The van der Waals surface area contributed by atoms with E-state index in [1.54, 1.807) is 6.07 Å². The average molecular weight is 274 g/mol. The van der Waals surface area contributed by atoms with Crippen molar-refractivity contribution >= 4 is 17.6 Å². The van der Waals surface area contributed by atoms with Crippen LogP contribution in [0.5, 0.6) is 0 Å². The smallest absolute Gasteiger partial charge is 0.315 e. The van der Waals surface area contributed by atoms with E-state index in [1.165, 1.54) is 12.1 Å². The largest absolute Gasteiger partial charge is 0.338 e. The quantitative estimate of drug-likeness (QED) is 0.694.